The Balaban J connectivity index is 2.48. The van der Waals surface area contributed by atoms with Gasteiger partial charge in [-0.1, -0.05) is 0 Å². The highest BCUT2D eigenvalue weighted by Gasteiger charge is 2.28. The summed E-state index contributed by atoms with van der Waals surface area (Å²) in [6, 6.07) is 0. The lowest BCUT2D eigenvalue weighted by Crippen LogP contribution is -2.43. The van der Waals surface area contributed by atoms with Crippen molar-refractivity contribution in [2.75, 3.05) is 10.6 Å². The number of aromatic nitrogens is 2. The molecule has 2 heterocycles. The minimum absolute atomic E-state index is 0.0581. The van der Waals surface area contributed by atoms with Gasteiger partial charge in [0.2, 0.25) is 0 Å². The van der Waals surface area contributed by atoms with Crippen LogP contribution in [0, 0.1) is 0 Å². The van der Waals surface area contributed by atoms with Crippen LogP contribution < -0.4 is 10.6 Å². The molecule has 1 aromatic heterocycles. The monoisotopic (exact) mass is 212 g/mol. The van der Waals surface area contributed by atoms with Gasteiger partial charge in [0.05, 0.1) is 0 Å². The van der Waals surface area contributed by atoms with Crippen molar-refractivity contribution < 1.29 is 20.1 Å². The van der Waals surface area contributed by atoms with Crippen LogP contribution in [0.2, 0.25) is 0 Å². The fourth-order valence-electron chi connectivity index (χ4n) is 1.24. The summed E-state index contributed by atoms with van der Waals surface area (Å²) in [5.74, 6) is -1.10. The van der Waals surface area contributed by atoms with Crippen molar-refractivity contribution in [1.82, 2.24) is 9.97 Å². The largest absolute Gasteiger partial charge is 0.476 e. The van der Waals surface area contributed by atoms with E-state index < -0.39 is 18.4 Å². The molecule has 0 fully saturated rings. The van der Waals surface area contributed by atoms with E-state index in [4.69, 9.17) is 5.11 Å². The second kappa shape index (κ2) is 3.33. The van der Waals surface area contributed by atoms with Crippen LogP contribution in [0.25, 0.3) is 0 Å². The second-order valence-electron chi connectivity index (χ2n) is 2.93. The smallest absolute Gasteiger partial charge is 0.356 e. The number of carboxylic acid groups (broad SMARTS) is 1. The van der Waals surface area contributed by atoms with Crippen LogP contribution in [0.5, 0.6) is 0 Å². The van der Waals surface area contributed by atoms with Gasteiger partial charge >= 0.3 is 5.97 Å². The molecule has 0 saturated heterocycles. The van der Waals surface area contributed by atoms with E-state index in [0.29, 0.717) is 0 Å². The molecule has 0 bridgehead atoms. The van der Waals surface area contributed by atoms with Gasteiger partial charge in [0, 0.05) is 0 Å². The summed E-state index contributed by atoms with van der Waals surface area (Å²) in [5.41, 5.74) is -0.207. The molecule has 0 saturated carbocycles. The van der Waals surface area contributed by atoms with Crippen molar-refractivity contribution in [1.29, 1.82) is 0 Å². The number of carbonyl (C=O) groups is 1. The van der Waals surface area contributed by atoms with Gasteiger partial charge in [-0.25, -0.2) is 14.8 Å². The van der Waals surface area contributed by atoms with Gasteiger partial charge in [-0.3, -0.25) is 0 Å². The SMILES string of the molecule is O=C(O)c1ncnc2c1NC(O)C(O)N2. The Hall–Kier alpha value is -1.93. The Morgan fingerprint density at radius 1 is 1.27 bits per heavy atom. The van der Waals surface area contributed by atoms with Gasteiger partial charge < -0.3 is 26.0 Å². The summed E-state index contributed by atoms with van der Waals surface area (Å²) >= 11 is 0. The molecule has 8 nitrogen and oxygen atoms in total. The molecule has 80 valence electrons. The summed E-state index contributed by atoms with van der Waals surface area (Å²) in [6.45, 7) is 0. The minimum atomic E-state index is -1.30. The molecule has 0 spiro atoms. The zero-order chi connectivity index (χ0) is 11.0. The van der Waals surface area contributed by atoms with E-state index in [-0.39, 0.29) is 17.2 Å². The van der Waals surface area contributed by atoms with Crippen molar-refractivity contribution in [3.8, 4) is 0 Å². The van der Waals surface area contributed by atoms with Crippen LogP contribution in [0.15, 0.2) is 6.33 Å². The Bertz CT molecular complexity index is 410. The van der Waals surface area contributed by atoms with E-state index >= 15 is 0 Å². The Morgan fingerprint density at radius 3 is 2.60 bits per heavy atom. The highest BCUT2D eigenvalue weighted by molar-refractivity contribution is 5.95. The van der Waals surface area contributed by atoms with Crippen LogP contribution in [0.4, 0.5) is 11.5 Å². The van der Waals surface area contributed by atoms with Crippen molar-refractivity contribution >= 4 is 17.5 Å². The third-order valence-electron chi connectivity index (χ3n) is 1.93. The summed E-state index contributed by atoms with van der Waals surface area (Å²) in [4.78, 5) is 18.0. The zero-order valence-corrected chi connectivity index (χ0v) is 7.38. The molecule has 2 unspecified atom stereocenters. The average molecular weight is 212 g/mol. The lowest BCUT2D eigenvalue weighted by molar-refractivity contribution is 0.0518. The van der Waals surface area contributed by atoms with E-state index in [1.165, 1.54) is 0 Å². The lowest BCUT2D eigenvalue weighted by Gasteiger charge is -2.28. The number of aliphatic hydroxyl groups is 2. The number of aliphatic hydroxyl groups excluding tert-OH is 2. The number of fused-ring (bicyclic) bond motifs is 1. The molecule has 0 aliphatic carbocycles. The molecule has 5 N–H and O–H groups in total. The first-order chi connectivity index (χ1) is 7.09. The Labute approximate surface area is 83.6 Å². The topological polar surface area (TPSA) is 128 Å². The van der Waals surface area contributed by atoms with Gasteiger partial charge in [-0.15, -0.1) is 0 Å². The molecule has 8 heteroatoms. The number of anilines is 2. The first kappa shape index (κ1) is 9.62. The van der Waals surface area contributed by atoms with Gasteiger partial charge in [0.25, 0.3) is 0 Å². The standard InChI is InChI=1S/C7H8N4O4/c12-5-6(13)11-4-2(10-5)3(7(14)15)8-1-9-4/h1,5-6,10,12-13H,(H,14,15)(H,8,9,11). The summed E-state index contributed by atoms with van der Waals surface area (Å²) < 4.78 is 0. The van der Waals surface area contributed by atoms with Crippen molar-refractivity contribution in [3.63, 3.8) is 0 Å². The van der Waals surface area contributed by atoms with Gasteiger partial charge in [-0.2, -0.15) is 0 Å². The molecule has 1 aliphatic rings. The third-order valence-corrected chi connectivity index (χ3v) is 1.93. The van der Waals surface area contributed by atoms with E-state index in [2.05, 4.69) is 20.6 Å². The third kappa shape index (κ3) is 1.55. The fraction of sp³-hybridized carbons (Fsp3) is 0.286. The molecule has 1 aromatic rings. The molecule has 0 radical (unpaired) electrons. The molecule has 0 amide bonds. The maximum Gasteiger partial charge on any atom is 0.356 e. The van der Waals surface area contributed by atoms with Gasteiger partial charge in [0.15, 0.2) is 24.0 Å². The van der Waals surface area contributed by atoms with Crippen LogP contribution in [-0.4, -0.2) is 43.7 Å². The van der Waals surface area contributed by atoms with E-state index in [9.17, 15) is 15.0 Å². The van der Waals surface area contributed by atoms with E-state index in [0.717, 1.165) is 6.33 Å². The number of aromatic carboxylic acids is 1. The van der Waals surface area contributed by atoms with E-state index in [1.54, 1.807) is 0 Å². The molecule has 1 aliphatic heterocycles. The number of nitrogens with one attached hydrogen (secondary N) is 2. The molecule has 15 heavy (non-hydrogen) atoms. The number of hydrogen-bond acceptors (Lipinski definition) is 7. The molecular weight excluding hydrogens is 204 g/mol. The van der Waals surface area contributed by atoms with Gasteiger partial charge in [-0.05, 0) is 0 Å². The van der Waals surface area contributed by atoms with Crippen molar-refractivity contribution in [2.24, 2.45) is 0 Å². The predicted molar refractivity (Wildman–Crippen MR) is 48.3 cm³/mol. The van der Waals surface area contributed by atoms with Crippen LogP contribution in [0.3, 0.4) is 0 Å². The first-order valence-electron chi connectivity index (χ1n) is 4.07. The summed E-state index contributed by atoms with van der Waals surface area (Å²) in [7, 11) is 0. The predicted octanol–water partition coefficient (Wildman–Crippen LogP) is -1.35. The first-order valence-corrected chi connectivity index (χ1v) is 4.07. The number of carboxylic acids is 1. The number of nitrogens with zero attached hydrogens (tertiary/aromatic N) is 2. The highest BCUT2D eigenvalue weighted by Crippen LogP contribution is 2.27. The molecule has 0 aromatic carbocycles. The van der Waals surface area contributed by atoms with Crippen LogP contribution in [-0.2, 0) is 0 Å². The Kier molecular flexibility index (Phi) is 2.14. The normalized spacial score (nSPS) is 23.6. The molecule has 2 atom stereocenters. The fourth-order valence-corrected chi connectivity index (χ4v) is 1.24. The quantitative estimate of drug-likeness (QED) is 0.386. The number of rotatable bonds is 1. The molecular formula is C7H8N4O4. The summed E-state index contributed by atoms with van der Waals surface area (Å²) in [5, 5.41) is 32.1. The van der Waals surface area contributed by atoms with Crippen molar-refractivity contribution in [3.05, 3.63) is 12.0 Å². The number of hydrogen-bond donors (Lipinski definition) is 5. The zero-order valence-electron chi connectivity index (χ0n) is 7.38. The van der Waals surface area contributed by atoms with Gasteiger partial charge in [0.1, 0.15) is 12.0 Å². The maximum absolute atomic E-state index is 10.8. The Morgan fingerprint density at radius 2 is 1.93 bits per heavy atom. The molecule has 2 rings (SSSR count). The lowest BCUT2D eigenvalue weighted by atomic mass is 10.2. The van der Waals surface area contributed by atoms with E-state index in [1.807, 2.05) is 0 Å². The van der Waals surface area contributed by atoms with Crippen LogP contribution >= 0.6 is 0 Å². The average Bonchev–Trinajstić information content (AvgIpc) is 2.18. The second-order valence-corrected chi connectivity index (χ2v) is 2.93. The van der Waals surface area contributed by atoms with Crippen molar-refractivity contribution in [2.45, 2.75) is 12.5 Å². The maximum atomic E-state index is 10.8. The summed E-state index contributed by atoms with van der Waals surface area (Å²) in [6.07, 6.45) is -1.49. The highest BCUT2D eigenvalue weighted by atomic mass is 16.4. The minimum Gasteiger partial charge on any atom is -0.476 e. The van der Waals surface area contributed by atoms with Crippen LogP contribution in [0.1, 0.15) is 10.5 Å².